The van der Waals surface area contributed by atoms with E-state index in [1.54, 1.807) is 0 Å². The van der Waals surface area contributed by atoms with Crippen molar-refractivity contribution in [2.75, 3.05) is 19.7 Å². The minimum Gasteiger partial charge on any atom is -0.389 e. The Morgan fingerprint density at radius 3 is 2.62 bits per heavy atom. The minimum atomic E-state index is -0.430. The van der Waals surface area contributed by atoms with E-state index in [4.69, 9.17) is 4.74 Å². The molecular weight excluding hydrogens is 262 g/mol. The second-order valence-corrected chi connectivity index (χ2v) is 6.66. The van der Waals surface area contributed by atoms with Gasteiger partial charge < -0.3 is 15.2 Å². The molecule has 3 nitrogen and oxygen atoms in total. The Morgan fingerprint density at radius 2 is 1.90 bits per heavy atom. The summed E-state index contributed by atoms with van der Waals surface area (Å²) in [5.41, 5.74) is 1.57. The first-order valence-corrected chi connectivity index (χ1v) is 8.18. The van der Waals surface area contributed by atoms with Crippen molar-refractivity contribution in [3.63, 3.8) is 0 Å². The van der Waals surface area contributed by atoms with Gasteiger partial charge in [-0.1, -0.05) is 56.5 Å². The Balaban J connectivity index is 1.56. The lowest BCUT2D eigenvalue weighted by Crippen LogP contribution is -2.38. The molecule has 0 spiro atoms. The number of rotatable bonds is 8. The molecule has 0 bridgehead atoms. The fourth-order valence-electron chi connectivity index (χ4n) is 3.07. The summed E-state index contributed by atoms with van der Waals surface area (Å²) in [5, 5.41) is 13.4. The molecule has 0 aromatic heterocycles. The third-order valence-electron chi connectivity index (χ3n) is 4.41. The van der Waals surface area contributed by atoms with Gasteiger partial charge in [0.1, 0.15) is 0 Å². The Kier molecular flexibility index (Phi) is 6.68. The summed E-state index contributed by atoms with van der Waals surface area (Å²) in [7, 11) is 0. The van der Waals surface area contributed by atoms with Crippen LogP contribution in [0.3, 0.4) is 0 Å². The first-order chi connectivity index (χ1) is 10.2. The van der Waals surface area contributed by atoms with Crippen molar-refractivity contribution in [1.29, 1.82) is 0 Å². The van der Waals surface area contributed by atoms with Gasteiger partial charge >= 0.3 is 0 Å². The van der Waals surface area contributed by atoms with Gasteiger partial charge in [0.25, 0.3) is 0 Å². The lowest BCUT2D eigenvalue weighted by molar-refractivity contribution is 0.0271. The van der Waals surface area contributed by atoms with Crippen molar-refractivity contribution in [2.24, 2.45) is 5.41 Å². The lowest BCUT2D eigenvalue weighted by atomic mass is 9.76. The maximum absolute atomic E-state index is 9.95. The topological polar surface area (TPSA) is 41.5 Å². The van der Waals surface area contributed by atoms with Crippen LogP contribution in [0.25, 0.3) is 0 Å². The maximum Gasteiger partial charge on any atom is 0.0897 e. The van der Waals surface area contributed by atoms with E-state index in [-0.39, 0.29) is 0 Å². The molecule has 0 heterocycles. The second-order valence-electron chi connectivity index (χ2n) is 6.66. The van der Waals surface area contributed by atoms with Crippen molar-refractivity contribution in [3.05, 3.63) is 35.9 Å². The van der Waals surface area contributed by atoms with Crippen molar-refractivity contribution < 1.29 is 9.84 Å². The van der Waals surface area contributed by atoms with Gasteiger partial charge in [-0.2, -0.15) is 0 Å². The van der Waals surface area contributed by atoms with E-state index in [9.17, 15) is 5.11 Å². The number of benzene rings is 1. The second kappa shape index (κ2) is 8.52. The zero-order valence-electron chi connectivity index (χ0n) is 13.2. The fourth-order valence-corrected chi connectivity index (χ4v) is 3.07. The Labute approximate surface area is 128 Å². The van der Waals surface area contributed by atoms with E-state index >= 15 is 0 Å². The molecule has 1 aromatic carbocycles. The SMILES string of the molecule is CC1(CNCC(O)COCc2ccccc2)CCCCC1. The molecule has 0 saturated heterocycles. The van der Waals surface area contributed by atoms with Crippen LogP contribution < -0.4 is 5.32 Å². The van der Waals surface area contributed by atoms with E-state index in [1.807, 2.05) is 30.3 Å². The van der Waals surface area contributed by atoms with Crippen LogP contribution in [-0.4, -0.2) is 30.9 Å². The van der Waals surface area contributed by atoms with Crippen molar-refractivity contribution >= 4 is 0 Å². The quantitative estimate of drug-likeness (QED) is 0.773. The highest BCUT2D eigenvalue weighted by Crippen LogP contribution is 2.34. The first kappa shape index (κ1) is 16.5. The molecule has 1 aliphatic rings. The molecule has 0 amide bonds. The van der Waals surface area contributed by atoms with Crippen LogP contribution in [0.5, 0.6) is 0 Å². The highest BCUT2D eigenvalue weighted by atomic mass is 16.5. The van der Waals surface area contributed by atoms with Gasteiger partial charge in [-0.15, -0.1) is 0 Å². The van der Waals surface area contributed by atoms with Crippen LogP contribution in [0.15, 0.2) is 30.3 Å². The van der Waals surface area contributed by atoms with Crippen LogP contribution in [0, 0.1) is 5.41 Å². The standard InChI is InChI=1S/C18H29NO2/c1-18(10-6-3-7-11-18)15-19-12-17(20)14-21-13-16-8-4-2-5-9-16/h2,4-5,8-9,17,19-20H,3,6-7,10-15H2,1H3. The predicted molar refractivity (Wildman–Crippen MR) is 86.2 cm³/mol. The molecule has 21 heavy (non-hydrogen) atoms. The highest BCUT2D eigenvalue weighted by Gasteiger charge is 2.26. The normalized spacial score (nSPS) is 19.3. The average molecular weight is 291 g/mol. The highest BCUT2D eigenvalue weighted by molar-refractivity contribution is 5.13. The Morgan fingerprint density at radius 1 is 1.19 bits per heavy atom. The third-order valence-corrected chi connectivity index (χ3v) is 4.41. The van der Waals surface area contributed by atoms with Crippen LogP contribution >= 0.6 is 0 Å². The van der Waals surface area contributed by atoms with Crippen LogP contribution in [0.1, 0.15) is 44.6 Å². The van der Waals surface area contributed by atoms with Gasteiger partial charge in [0.05, 0.1) is 19.3 Å². The molecule has 3 heteroatoms. The van der Waals surface area contributed by atoms with Gasteiger partial charge in [-0.25, -0.2) is 0 Å². The molecule has 2 N–H and O–H groups in total. The van der Waals surface area contributed by atoms with Gasteiger partial charge in [0, 0.05) is 13.1 Å². The van der Waals surface area contributed by atoms with Crippen LogP contribution in [0.2, 0.25) is 0 Å². The van der Waals surface area contributed by atoms with Crippen molar-refractivity contribution in [2.45, 2.75) is 51.7 Å². The maximum atomic E-state index is 9.95. The minimum absolute atomic E-state index is 0.388. The number of hydrogen-bond donors (Lipinski definition) is 2. The summed E-state index contributed by atoms with van der Waals surface area (Å²) < 4.78 is 5.56. The van der Waals surface area contributed by atoms with Gasteiger partial charge in [0.15, 0.2) is 0 Å². The Hall–Kier alpha value is -0.900. The zero-order chi connectivity index (χ0) is 15.0. The van der Waals surface area contributed by atoms with E-state index in [1.165, 1.54) is 32.1 Å². The number of aliphatic hydroxyl groups excluding tert-OH is 1. The zero-order valence-corrected chi connectivity index (χ0v) is 13.2. The molecule has 1 saturated carbocycles. The van der Waals surface area contributed by atoms with Gasteiger partial charge in [0.2, 0.25) is 0 Å². The Bertz CT molecular complexity index is 387. The molecule has 2 rings (SSSR count). The molecule has 0 aliphatic heterocycles. The summed E-state index contributed by atoms with van der Waals surface area (Å²) in [6.45, 7) is 4.93. The van der Waals surface area contributed by atoms with Crippen LogP contribution in [-0.2, 0) is 11.3 Å². The first-order valence-electron chi connectivity index (χ1n) is 8.18. The molecule has 1 aromatic rings. The molecule has 1 aliphatic carbocycles. The molecule has 0 radical (unpaired) electrons. The summed E-state index contributed by atoms with van der Waals surface area (Å²) >= 11 is 0. The molecule has 1 atom stereocenters. The summed E-state index contributed by atoms with van der Waals surface area (Å²) in [6.07, 6.45) is 6.26. The third kappa shape index (κ3) is 6.16. The smallest absolute Gasteiger partial charge is 0.0897 e. The molecule has 1 fully saturated rings. The molecular formula is C18H29NO2. The average Bonchev–Trinajstić information content (AvgIpc) is 2.49. The number of hydrogen-bond acceptors (Lipinski definition) is 3. The molecule has 1 unspecified atom stereocenters. The fraction of sp³-hybridized carbons (Fsp3) is 0.667. The lowest BCUT2D eigenvalue weighted by Gasteiger charge is -2.34. The van der Waals surface area contributed by atoms with E-state index in [2.05, 4.69) is 12.2 Å². The van der Waals surface area contributed by atoms with Crippen molar-refractivity contribution in [1.82, 2.24) is 5.32 Å². The van der Waals surface area contributed by atoms with Gasteiger partial charge in [-0.3, -0.25) is 0 Å². The summed E-state index contributed by atoms with van der Waals surface area (Å²) in [4.78, 5) is 0. The van der Waals surface area contributed by atoms with Crippen LogP contribution in [0.4, 0.5) is 0 Å². The van der Waals surface area contributed by atoms with Gasteiger partial charge in [-0.05, 0) is 23.8 Å². The van der Waals surface area contributed by atoms with E-state index in [0.717, 1.165) is 12.1 Å². The number of aliphatic hydroxyl groups is 1. The summed E-state index contributed by atoms with van der Waals surface area (Å²) in [5.74, 6) is 0. The molecule has 118 valence electrons. The van der Waals surface area contributed by atoms with Crippen molar-refractivity contribution in [3.8, 4) is 0 Å². The number of nitrogens with one attached hydrogen (secondary N) is 1. The number of ether oxygens (including phenoxy) is 1. The predicted octanol–water partition coefficient (Wildman–Crippen LogP) is 3.12. The summed E-state index contributed by atoms with van der Waals surface area (Å²) in [6, 6.07) is 10.1. The largest absolute Gasteiger partial charge is 0.389 e. The van der Waals surface area contributed by atoms with E-state index in [0.29, 0.717) is 25.2 Å². The monoisotopic (exact) mass is 291 g/mol. The van der Waals surface area contributed by atoms with E-state index < -0.39 is 6.10 Å².